The van der Waals surface area contributed by atoms with Crippen LogP contribution in [0.3, 0.4) is 0 Å². The van der Waals surface area contributed by atoms with Gasteiger partial charge in [-0.15, -0.1) is 0 Å². The average molecular weight is 250 g/mol. The normalized spacial score (nSPS) is 20.8. The van der Waals surface area contributed by atoms with E-state index < -0.39 is 0 Å². The van der Waals surface area contributed by atoms with Crippen molar-refractivity contribution < 1.29 is 0 Å². The molecule has 0 radical (unpaired) electrons. The van der Waals surface area contributed by atoms with Crippen LogP contribution in [0.15, 0.2) is 6.20 Å². The van der Waals surface area contributed by atoms with Crippen LogP contribution in [0.25, 0.3) is 0 Å². The predicted molar refractivity (Wildman–Crippen MR) is 75.9 cm³/mol. The smallest absolute Gasteiger partial charge is 0.203 e. The highest BCUT2D eigenvalue weighted by atomic mass is 15.2. The van der Waals surface area contributed by atoms with Crippen LogP contribution in [0, 0.1) is 18.8 Å². The van der Waals surface area contributed by atoms with Crippen LogP contribution in [-0.2, 0) is 6.54 Å². The molecule has 0 amide bonds. The van der Waals surface area contributed by atoms with E-state index in [1.807, 2.05) is 0 Å². The Hall–Kier alpha value is -1.03. The highest BCUT2D eigenvalue weighted by molar-refractivity contribution is 5.29. The Kier molecular flexibility index (Phi) is 4.27. The molecule has 0 bridgehead atoms. The molecule has 1 aromatic rings. The zero-order valence-corrected chi connectivity index (χ0v) is 12.1. The zero-order chi connectivity index (χ0) is 13.1. The third-order valence-corrected chi connectivity index (χ3v) is 3.50. The minimum atomic E-state index is 0.650. The lowest BCUT2D eigenvalue weighted by molar-refractivity contribution is 0.398. The molecule has 1 fully saturated rings. The van der Waals surface area contributed by atoms with E-state index in [-0.39, 0.29) is 0 Å². The van der Waals surface area contributed by atoms with E-state index in [4.69, 9.17) is 0 Å². The van der Waals surface area contributed by atoms with Gasteiger partial charge in [0, 0.05) is 25.8 Å². The number of aryl methyl sites for hydroxylation is 1. The van der Waals surface area contributed by atoms with Gasteiger partial charge in [0.2, 0.25) is 5.95 Å². The standard InChI is InChI=1S/C14H26N4/c1-11(2)8-18-9-12(3)16-14(18)15-7-13-5-6-17(4)10-13/h9,11,13H,5-8,10H2,1-4H3,(H,15,16). The molecule has 1 saturated heterocycles. The summed E-state index contributed by atoms with van der Waals surface area (Å²) < 4.78 is 2.25. The maximum Gasteiger partial charge on any atom is 0.203 e. The van der Waals surface area contributed by atoms with E-state index in [9.17, 15) is 0 Å². The van der Waals surface area contributed by atoms with Crippen molar-refractivity contribution in [1.82, 2.24) is 14.5 Å². The lowest BCUT2D eigenvalue weighted by atomic mass is 10.1. The third-order valence-electron chi connectivity index (χ3n) is 3.50. The number of hydrogen-bond acceptors (Lipinski definition) is 3. The van der Waals surface area contributed by atoms with Gasteiger partial charge in [0.05, 0.1) is 5.69 Å². The molecular weight excluding hydrogens is 224 g/mol. The maximum atomic E-state index is 4.58. The van der Waals surface area contributed by atoms with Crippen LogP contribution in [-0.4, -0.2) is 41.1 Å². The van der Waals surface area contributed by atoms with Gasteiger partial charge in [-0.05, 0) is 38.8 Å². The van der Waals surface area contributed by atoms with Crippen LogP contribution in [0.4, 0.5) is 5.95 Å². The quantitative estimate of drug-likeness (QED) is 0.870. The summed E-state index contributed by atoms with van der Waals surface area (Å²) in [5.41, 5.74) is 1.10. The fourth-order valence-electron chi connectivity index (χ4n) is 2.65. The van der Waals surface area contributed by atoms with Gasteiger partial charge in [-0.2, -0.15) is 0 Å². The molecule has 0 spiro atoms. The largest absolute Gasteiger partial charge is 0.355 e. The number of hydrogen-bond donors (Lipinski definition) is 1. The van der Waals surface area contributed by atoms with Crippen LogP contribution >= 0.6 is 0 Å². The molecule has 4 heteroatoms. The van der Waals surface area contributed by atoms with E-state index >= 15 is 0 Å². The molecule has 2 rings (SSSR count). The van der Waals surface area contributed by atoms with Crippen molar-refractivity contribution in [2.24, 2.45) is 11.8 Å². The topological polar surface area (TPSA) is 33.1 Å². The number of likely N-dealkylation sites (tertiary alicyclic amines) is 1. The van der Waals surface area contributed by atoms with E-state index in [0.717, 1.165) is 30.6 Å². The van der Waals surface area contributed by atoms with E-state index in [1.165, 1.54) is 19.5 Å². The van der Waals surface area contributed by atoms with Crippen LogP contribution in [0.5, 0.6) is 0 Å². The lowest BCUT2D eigenvalue weighted by Gasteiger charge is -2.14. The molecule has 0 saturated carbocycles. The Balaban J connectivity index is 1.91. The highest BCUT2D eigenvalue weighted by Gasteiger charge is 2.19. The summed E-state index contributed by atoms with van der Waals surface area (Å²) in [7, 11) is 2.20. The number of nitrogens with one attached hydrogen (secondary N) is 1. The van der Waals surface area contributed by atoms with E-state index in [2.05, 4.69) is 53.8 Å². The molecule has 1 aromatic heterocycles. The van der Waals surface area contributed by atoms with Gasteiger partial charge in [0.1, 0.15) is 0 Å². The Morgan fingerprint density at radius 1 is 1.50 bits per heavy atom. The number of nitrogens with zero attached hydrogens (tertiary/aromatic N) is 3. The monoisotopic (exact) mass is 250 g/mol. The summed E-state index contributed by atoms with van der Waals surface area (Å²) in [5, 5.41) is 3.53. The molecule has 1 aliphatic rings. The Morgan fingerprint density at radius 3 is 2.89 bits per heavy atom. The molecule has 1 N–H and O–H groups in total. The molecule has 1 unspecified atom stereocenters. The summed E-state index contributed by atoms with van der Waals surface area (Å²) in [4.78, 5) is 6.98. The molecule has 1 aliphatic heterocycles. The molecule has 2 heterocycles. The number of aromatic nitrogens is 2. The first-order chi connectivity index (χ1) is 8.54. The van der Waals surface area contributed by atoms with Gasteiger partial charge in [-0.1, -0.05) is 13.8 Å². The highest BCUT2D eigenvalue weighted by Crippen LogP contribution is 2.16. The molecule has 4 nitrogen and oxygen atoms in total. The summed E-state index contributed by atoms with van der Waals surface area (Å²) in [6.45, 7) is 11.1. The van der Waals surface area contributed by atoms with Gasteiger partial charge < -0.3 is 14.8 Å². The van der Waals surface area contributed by atoms with Crippen LogP contribution in [0.1, 0.15) is 26.0 Å². The molecule has 0 aliphatic carbocycles. The zero-order valence-electron chi connectivity index (χ0n) is 12.1. The second kappa shape index (κ2) is 5.74. The first-order valence-corrected chi connectivity index (χ1v) is 7.00. The van der Waals surface area contributed by atoms with Crippen molar-refractivity contribution in [3.05, 3.63) is 11.9 Å². The second-order valence-electron chi connectivity index (χ2n) is 6.05. The number of rotatable bonds is 5. The number of anilines is 1. The van der Waals surface area contributed by atoms with Crippen molar-refractivity contribution in [3.63, 3.8) is 0 Å². The predicted octanol–water partition coefficient (Wildman–Crippen LogP) is 2.21. The molecule has 18 heavy (non-hydrogen) atoms. The van der Waals surface area contributed by atoms with Crippen molar-refractivity contribution in [2.45, 2.75) is 33.7 Å². The third kappa shape index (κ3) is 3.48. The van der Waals surface area contributed by atoms with Crippen molar-refractivity contribution in [3.8, 4) is 0 Å². The van der Waals surface area contributed by atoms with Gasteiger partial charge in [-0.25, -0.2) is 4.98 Å². The van der Waals surface area contributed by atoms with E-state index in [0.29, 0.717) is 5.92 Å². The summed E-state index contributed by atoms with van der Waals surface area (Å²) in [6, 6.07) is 0. The molecule has 1 atom stereocenters. The fraction of sp³-hybridized carbons (Fsp3) is 0.786. The van der Waals surface area contributed by atoms with E-state index in [1.54, 1.807) is 0 Å². The minimum absolute atomic E-state index is 0.650. The number of imidazole rings is 1. The molecule has 0 aromatic carbocycles. The fourth-order valence-corrected chi connectivity index (χ4v) is 2.65. The minimum Gasteiger partial charge on any atom is -0.355 e. The Morgan fingerprint density at radius 2 is 2.28 bits per heavy atom. The van der Waals surface area contributed by atoms with Crippen LogP contribution in [0.2, 0.25) is 0 Å². The van der Waals surface area contributed by atoms with Gasteiger partial charge in [-0.3, -0.25) is 0 Å². The average Bonchev–Trinajstić information content (AvgIpc) is 2.82. The second-order valence-corrected chi connectivity index (χ2v) is 6.05. The maximum absolute atomic E-state index is 4.58. The van der Waals surface area contributed by atoms with Gasteiger partial charge in [0.25, 0.3) is 0 Å². The molecular formula is C14H26N4. The summed E-state index contributed by atoms with van der Waals surface area (Å²) in [6.07, 6.45) is 3.44. The first-order valence-electron chi connectivity index (χ1n) is 7.00. The van der Waals surface area contributed by atoms with Crippen molar-refractivity contribution in [2.75, 3.05) is 32.0 Å². The summed E-state index contributed by atoms with van der Waals surface area (Å²) >= 11 is 0. The SMILES string of the molecule is Cc1cn(CC(C)C)c(NCC2CCN(C)C2)n1. The van der Waals surface area contributed by atoms with Crippen LogP contribution < -0.4 is 5.32 Å². The van der Waals surface area contributed by atoms with Gasteiger partial charge >= 0.3 is 0 Å². The molecule has 102 valence electrons. The van der Waals surface area contributed by atoms with Gasteiger partial charge in [0.15, 0.2) is 0 Å². The Bertz CT molecular complexity index is 383. The summed E-state index contributed by atoms with van der Waals surface area (Å²) in [5.74, 6) is 2.45. The van der Waals surface area contributed by atoms with Crippen molar-refractivity contribution >= 4 is 5.95 Å². The lowest BCUT2D eigenvalue weighted by Crippen LogP contribution is -2.20. The first kappa shape index (κ1) is 13.4. The van der Waals surface area contributed by atoms with Crippen molar-refractivity contribution in [1.29, 1.82) is 0 Å². The Labute approximate surface area is 110 Å².